The van der Waals surface area contributed by atoms with Crippen LogP contribution in [-0.4, -0.2) is 15.9 Å². The Bertz CT molecular complexity index is 711. The van der Waals surface area contributed by atoms with Gasteiger partial charge in [0.15, 0.2) is 4.77 Å². The Morgan fingerprint density at radius 2 is 2.05 bits per heavy atom. The van der Waals surface area contributed by atoms with Gasteiger partial charge in [-0.1, -0.05) is 6.08 Å². The molecule has 0 bridgehead atoms. The maximum absolute atomic E-state index is 12.1. The average Bonchev–Trinajstić information content (AvgIpc) is 2.79. The fraction of sp³-hybridized carbons (Fsp3) is 0.286. The molecule has 5 heteroatoms. The van der Waals surface area contributed by atoms with Crippen molar-refractivity contribution in [2.45, 2.75) is 25.7 Å². The molecule has 1 amide bonds. The molecule has 1 aliphatic carbocycles. The summed E-state index contributed by atoms with van der Waals surface area (Å²) in [6, 6.07) is 5.68. The maximum Gasteiger partial charge on any atom is 0.251 e. The van der Waals surface area contributed by atoms with Gasteiger partial charge in [0, 0.05) is 11.3 Å². The number of imidazole rings is 1. The molecule has 0 atom stereocenters. The van der Waals surface area contributed by atoms with Crippen molar-refractivity contribution in [3.05, 3.63) is 34.6 Å². The minimum Gasteiger partial charge on any atom is -0.331 e. The molecule has 19 heavy (non-hydrogen) atoms. The Balaban J connectivity index is 1.82. The van der Waals surface area contributed by atoms with Gasteiger partial charge in [-0.2, -0.15) is 0 Å². The summed E-state index contributed by atoms with van der Waals surface area (Å²) in [5.74, 6) is 0.00758. The number of aromatic amines is 2. The largest absolute Gasteiger partial charge is 0.331 e. The van der Waals surface area contributed by atoms with Crippen molar-refractivity contribution in [1.29, 1.82) is 0 Å². The summed E-state index contributed by atoms with van der Waals surface area (Å²) < 4.78 is 0.591. The molecule has 0 saturated carbocycles. The van der Waals surface area contributed by atoms with E-state index >= 15 is 0 Å². The zero-order valence-electron chi connectivity index (χ0n) is 10.5. The number of aromatic nitrogens is 2. The van der Waals surface area contributed by atoms with E-state index in [0.29, 0.717) is 4.77 Å². The van der Waals surface area contributed by atoms with Crippen molar-refractivity contribution >= 4 is 34.8 Å². The standard InChI is InChI=1S/C14H15N3OS/c18-13(9-4-2-1-3-5-9)15-10-6-7-11-12(8-10)17-14(19)16-11/h4,6-8H,1-3,5H2,(H,15,18)(H2,16,17,19). The van der Waals surface area contributed by atoms with Gasteiger partial charge in [-0.25, -0.2) is 0 Å². The summed E-state index contributed by atoms with van der Waals surface area (Å²) in [6.45, 7) is 0. The molecular formula is C14H15N3OS. The van der Waals surface area contributed by atoms with Crippen molar-refractivity contribution < 1.29 is 4.79 Å². The zero-order chi connectivity index (χ0) is 13.2. The fourth-order valence-electron chi connectivity index (χ4n) is 2.37. The van der Waals surface area contributed by atoms with Crippen molar-refractivity contribution in [3.8, 4) is 0 Å². The Kier molecular flexibility index (Phi) is 3.21. The first-order chi connectivity index (χ1) is 9.22. The second kappa shape index (κ2) is 5.01. The predicted molar refractivity (Wildman–Crippen MR) is 78.7 cm³/mol. The molecule has 98 valence electrons. The van der Waals surface area contributed by atoms with Crippen LogP contribution in [0.15, 0.2) is 29.8 Å². The normalized spacial score (nSPS) is 15.3. The number of carbonyl (C=O) groups is 1. The molecule has 1 aliphatic rings. The molecule has 2 aromatic rings. The van der Waals surface area contributed by atoms with E-state index in [-0.39, 0.29) is 5.91 Å². The number of amides is 1. The van der Waals surface area contributed by atoms with Crippen LogP contribution in [0.2, 0.25) is 0 Å². The molecule has 3 N–H and O–H groups in total. The highest BCUT2D eigenvalue weighted by molar-refractivity contribution is 7.71. The van der Waals surface area contributed by atoms with Gasteiger partial charge in [0.1, 0.15) is 0 Å². The van der Waals surface area contributed by atoms with E-state index in [1.54, 1.807) is 0 Å². The lowest BCUT2D eigenvalue weighted by molar-refractivity contribution is -0.113. The topological polar surface area (TPSA) is 60.7 Å². The predicted octanol–water partition coefficient (Wildman–Crippen LogP) is 3.66. The second-order valence-corrected chi connectivity index (χ2v) is 5.18. The Morgan fingerprint density at radius 3 is 2.84 bits per heavy atom. The van der Waals surface area contributed by atoms with Gasteiger partial charge in [0.2, 0.25) is 0 Å². The van der Waals surface area contributed by atoms with Gasteiger partial charge < -0.3 is 15.3 Å². The SMILES string of the molecule is O=C(Nc1ccc2[nH]c(=S)[nH]c2c1)C1=CCCCC1. The molecule has 3 rings (SSSR count). The van der Waals surface area contributed by atoms with Gasteiger partial charge >= 0.3 is 0 Å². The average molecular weight is 273 g/mol. The van der Waals surface area contributed by atoms with Crippen molar-refractivity contribution in [2.75, 3.05) is 5.32 Å². The summed E-state index contributed by atoms with van der Waals surface area (Å²) in [6.07, 6.45) is 6.21. The van der Waals surface area contributed by atoms with Crippen molar-refractivity contribution in [3.63, 3.8) is 0 Å². The van der Waals surface area contributed by atoms with E-state index in [0.717, 1.165) is 41.6 Å². The third kappa shape index (κ3) is 2.61. The Hall–Kier alpha value is -1.88. The third-order valence-corrected chi connectivity index (χ3v) is 3.56. The Morgan fingerprint density at radius 1 is 1.21 bits per heavy atom. The first-order valence-corrected chi connectivity index (χ1v) is 6.86. The monoisotopic (exact) mass is 273 g/mol. The lowest BCUT2D eigenvalue weighted by Crippen LogP contribution is -2.15. The summed E-state index contributed by atoms with van der Waals surface area (Å²) in [4.78, 5) is 18.2. The van der Waals surface area contributed by atoms with Crippen LogP contribution in [-0.2, 0) is 4.79 Å². The molecule has 1 heterocycles. The number of nitrogens with one attached hydrogen (secondary N) is 3. The van der Waals surface area contributed by atoms with Crippen LogP contribution in [0.25, 0.3) is 11.0 Å². The van der Waals surface area contributed by atoms with Crippen LogP contribution >= 0.6 is 12.2 Å². The van der Waals surface area contributed by atoms with E-state index in [9.17, 15) is 4.79 Å². The van der Waals surface area contributed by atoms with E-state index in [4.69, 9.17) is 12.2 Å². The summed E-state index contributed by atoms with van der Waals surface area (Å²) in [5, 5.41) is 2.94. The number of anilines is 1. The molecule has 1 aromatic heterocycles. The van der Waals surface area contributed by atoms with Crippen LogP contribution in [0.4, 0.5) is 5.69 Å². The molecular weight excluding hydrogens is 258 g/mol. The maximum atomic E-state index is 12.1. The zero-order valence-corrected chi connectivity index (χ0v) is 11.3. The van der Waals surface area contributed by atoms with Crippen LogP contribution in [0, 0.1) is 4.77 Å². The van der Waals surface area contributed by atoms with Gasteiger partial charge in [-0.15, -0.1) is 0 Å². The summed E-state index contributed by atoms with van der Waals surface area (Å²) in [5.41, 5.74) is 3.53. The van der Waals surface area contributed by atoms with E-state index in [1.165, 1.54) is 6.42 Å². The fourth-order valence-corrected chi connectivity index (χ4v) is 2.59. The molecule has 4 nitrogen and oxygen atoms in total. The molecule has 0 spiro atoms. The smallest absolute Gasteiger partial charge is 0.251 e. The van der Waals surface area contributed by atoms with Gasteiger partial charge in [-0.3, -0.25) is 4.79 Å². The van der Waals surface area contributed by atoms with Gasteiger partial charge in [0.25, 0.3) is 5.91 Å². The van der Waals surface area contributed by atoms with Gasteiger partial charge in [0.05, 0.1) is 11.0 Å². The quantitative estimate of drug-likeness (QED) is 0.731. The lowest BCUT2D eigenvalue weighted by atomic mass is 9.99. The van der Waals surface area contributed by atoms with Crippen LogP contribution in [0.3, 0.4) is 0 Å². The minimum atomic E-state index is 0.00758. The van der Waals surface area contributed by atoms with Crippen LogP contribution < -0.4 is 5.32 Å². The van der Waals surface area contributed by atoms with Crippen LogP contribution in [0.5, 0.6) is 0 Å². The van der Waals surface area contributed by atoms with Crippen molar-refractivity contribution in [1.82, 2.24) is 9.97 Å². The molecule has 0 saturated heterocycles. The number of benzene rings is 1. The Labute approximate surface area is 115 Å². The first kappa shape index (κ1) is 12.2. The van der Waals surface area contributed by atoms with E-state index < -0.39 is 0 Å². The molecule has 0 fully saturated rings. The van der Waals surface area contributed by atoms with E-state index in [2.05, 4.69) is 15.3 Å². The van der Waals surface area contributed by atoms with Crippen LogP contribution in [0.1, 0.15) is 25.7 Å². The third-order valence-electron chi connectivity index (χ3n) is 3.36. The first-order valence-electron chi connectivity index (χ1n) is 6.45. The summed E-state index contributed by atoms with van der Waals surface area (Å²) >= 11 is 5.04. The minimum absolute atomic E-state index is 0.00758. The number of fused-ring (bicyclic) bond motifs is 1. The molecule has 1 aromatic carbocycles. The summed E-state index contributed by atoms with van der Waals surface area (Å²) in [7, 11) is 0. The van der Waals surface area contributed by atoms with Gasteiger partial charge in [-0.05, 0) is 56.1 Å². The number of allylic oxidation sites excluding steroid dienone is 1. The molecule has 0 aliphatic heterocycles. The second-order valence-electron chi connectivity index (χ2n) is 4.77. The number of H-pyrrole nitrogens is 2. The van der Waals surface area contributed by atoms with E-state index in [1.807, 2.05) is 24.3 Å². The number of hydrogen-bond donors (Lipinski definition) is 3. The molecule has 0 radical (unpaired) electrons. The highest BCUT2D eigenvalue weighted by Gasteiger charge is 2.12. The lowest BCUT2D eigenvalue weighted by Gasteiger charge is -2.12. The number of hydrogen-bond acceptors (Lipinski definition) is 2. The molecule has 0 unspecified atom stereocenters. The highest BCUT2D eigenvalue weighted by atomic mass is 32.1. The number of carbonyl (C=O) groups excluding carboxylic acids is 1. The van der Waals surface area contributed by atoms with Crippen molar-refractivity contribution in [2.24, 2.45) is 0 Å². The highest BCUT2D eigenvalue weighted by Crippen LogP contribution is 2.21. The number of rotatable bonds is 2.